The first-order chi connectivity index (χ1) is 7.02. The first kappa shape index (κ1) is 19.1. The lowest BCUT2D eigenvalue weighted by Gasteiger charge is -2.33. The molecular weight excluding hydrogens is 236 g/mol. The van der Waals surface area contributed by atoms with E-state index in [-0.39, 0.29) is 29.3 Å². The third kappa shape index (κ3) is 12.0. The van der Waals surface area contributed by atoms with Crippen LogP contribution in [-0.2, 0) is 4.79 Å². The SMILES string of the molecule is CN(C)CCC(=O)NC(C)(C)CC(C)(C)C.Cl. The zero-order valence-corrected chi connectivity index (χ0v) is 13.2. The lowest BCUT2D eigenvalue weighted by Crippen LogP contribution is -2.46. The number of halogens is 1. The van der Waals surface area contributed by atoms with E-state index >= 15 is 0 Å². The summed E-state index contributed by atoms with van der Waals surface area (Å²) in [5.74, 6) is 0.142. The van der Waals surface area contributed by atoms with Gasteiger partial charge in [0, 0.05) is 18.5 Å². The van der Waals surface area contributed by atoms with Crippen LogP contribution in [0.3, 0.4) is 0 Å². The van der Waals surface area contributed by atoms with Gasteiger partial charge in [0.15, 0.2) is 0 Å². The van der Waals surface area contributed by atoms with Gasteiger partial charge in [0.2, 0.25) is 5.91 Å². The molecule has 0 aromatic rings. The molecule has 0 aromatic carbocycles. The molecule has 4 heteroatoms. The predicted octanol–water partition coefficient (Wildman–Crippen LogP) is 2.69. The van der Waals surface area contributed by atoms with Crippen LogP contribution < -0.4 is 5.32 Å². The fourth-order valence-electron chi connectivity index (χ4n) is 2.14. The molecule has 17 heavy (non-hydrogen) atoms. The standard InChI is InChI=1S/C13H28N2O.ClH/c1-12(2,3)10-13(4,5)14-11(16)8-9-15(6)7;/h8-10H2,1-7H3,(H,14,16);1H. The second kappa shape index (κ2) is 7.22. The second-order valence-electron chi connectivity index (χ2n) is 6.72. The predicted molar refractivity (Wildman–Crippen MR) is 76.7 cm³/mol. The summed E-state index contributed by atoms with van der Waals surface area (Å²) >= 11 is 0. The highest BCUT2D eigenvalue weighted by atomic mass is 35.5. The Morgan fingerprint density at radius 1 is 1.12 bits per heavy atom. The molecule has 1 amide bonds. The van der Waals surface area contributed by atoms with Crippen molar-refractivity contribution in [3.05, 3.63) is 0 Å². The van der Waals surface area contributed by atoms with Gasteiger partial charge in [-0.15, -0.1) is 12.4 Å². The monoisotopic (exact) mass is 264 g/mol. The molecule has 0 aromatic heterocycles. The molecule has 0 rings (SSSR count). The largest absolute Gasteiger partial charge is 0.351 e. The number of nitrogens with one attached hydrogen (secondary N) is 1. The summed E-state index contributed by atoms with van der Waals surface area (Å²) in [5, 5.41) is 3.10. The highest BCUT2D eigenvalue weighted by Gasteiger charge is 2.26. The van der Waals surface area contributed by atoms with Gasteiger partial charge in [-0.2, -0.15) is 0 Å². The summed E-state index contributed by atoms with van der Waals surface area (Å²) in [6.07, 6.45) is 1.55. The van der Waals surface area contributed by atoms with Crippen LogP contribution in [0.25, 0.3) is 0 Å². The Bertz CT molecular complexity index is 232. The molecule has 0 bridgehead atoms. The first-order valence-electron chi connectivity index (χ1n) is 5.98. The van der Waals surface area contributed by atoms with Gasteiger partial charge in [0.25, 0.3) is 0 Å². The molecule has 0 aliphatic rings. The molecule has 0 atom stereocenters. The average Bonchev–Trinajstić information content (AvgIpc) is 1.94. The minimum atomic E-state index is -0.123. The lowest BCUT2D eigenvalue weighted by molar-refractivity contribution is -0.123. The van der Waals surface area contributed by atoms with Gasteiger partial charge >= 0.3 is 0 Å². The Kier molecular flexibility index (Phi) is 8.10. The molecule has 0 heterocycles. The highest BCUT2D eigenvalue weighted by Crippen LogP contribution is 2.26. The van der Waals surface area contributed by atoms with E-state index in [0.717, 1.165) is 13.0 Å². The molecule has 0 fully saturated rings. The smallest absolute Gasteiger partial charge is 0.221 e. The molecule has 3 nitrogen and oxygen atoms in total. The van der Waals surface area contributed by atoms with Gasteiger partial charge in [-0.05, 0) is 39.8 Å². The van der Waals surface area contributed by atoms with E-state index < -0.39 is 0 Å². The third-order valence-electron chi connectivity index (χ3n) is 2.24. The molecule has 0 spiro atoms. The third-order valence-corrected chi connectivity index (χ3v) is 2.24. The van der Waals surface area contributed by atoms with Gasteiger partial charge in [0.05, 0.1) is 0 Å². The summed E-state index contributed by atoms with van der Waals surface area (Å²) in [5.41, 5.74) is 0.111. The number of rotatable bonds is 5. The van der Waals surface area contributed by atoms with Gasteiger partial charge in [-0.1, -0.05) is 20.8 Å². The van der Waals surface area contributed by atoms with Crippen LogP contribution in [0.1, 0.15) is 47.5 Å². The Labute approximate surface area is 113 Å². The molecule has 0 aliphatic heterocycles. The van der Waals surface area contributed by atoms with E-state index in [1.54, 1.807) is 0 Å². The van der Waals surface area contributed by atoms with E-state index in [1.165, 1.54) is 0 Å². The Hall–Kier alpha value is -0.280. The Morgan fingerprint density at radius 3 is 1.94 bits per heavy atom. The topological polar surface area (TPSA) is 32.3 Å². The first-order valence-corrected chi connectivity index (χ1v) is 5.98. The number of hydrogen-bond donors (Lipinski definition) is 1. The van der Waals surface area contributed by atoms with Crippen LogP contribution in [-0.4, -0.2) is 37.0 Å². The van der Waals surface area contributed by atoms with Crippen molar-refractivity contribution in [3.63, 3.8) is 0 Å². The number of carbonyl (C=O) groups is 1. The number of carbonyl (C=O) groups excluding carboxylic acids is 1. The minimum absolute atomic E-state index is 0. The fourth-order valence-corrected chi connectivity index (χ4v) is 2.14. The lowest BCUT2D eigenvalue weighted by atomic mass is 9.82. The van der Waals surface area contributed by atoms with Crippen LogP contribution in [0.15, 0.2) is 0 Å². The average molecular weight is 265 g/mol. The Balaban J connectivity index is 0. The van der Waals surface area contributed by atoms with Crippen molar-refractivity contribution in [2.75, 3.05) is 20.6 Å². The van der Waals surface area contributed by atoms with Gasteiger partial charge in [-0.25, -0.2) is 0 Å². The summed E-state index contributed by atoms with van der Waals surface area (Å²) in [4.78, 5) is 13.7. The minimum Gasteiger partial charge on any atom is -0.351 e. The summed E-state index contributed by atoms with van der Waals surface area (Å²) in [6, 6.07) is 0. The summed E-state index contributed by atoms with van der Waals surface area (Å²) in [7, 11) is 3.96. The maximum absolute atomic E-state index is 11.7. The van der Waals surface area contributed by atoms with Gasteiger partial charge in [-0.3, -0.25) is 4.79 Å². The van der Waals surface area contributed by atoms with Crippen molar-refractivity contribution in [2.45, 2.75) is 53.0 Å². The quantitative estimate of drug-likeness (QED) is 0.828. The zero-order valence-electron chi connectivity index (χ0n) is 12.4. The second-order valence-corrected chi connectivity index (χ2v) is 6.72. The molecule has 1 N–H and O–H groups in total. The maximum atomic E-state index is 11.7. The fraction of sp³-hybridized carbons (Fsp3) is 0.923. The van der Waals surface area contributed by atoms with Crippen LogP contribution in [0.4, 0.5) is 0 Å². The molecule has 0 saturated carbocycles. The number of hydrogen-bond acceptors (Lipinski definition) is 2. The van der Waals surface area contributed by atoms with Gasteiger partial charge < -0.3 is 10.2 Å². The van der Waals surface area contributed by atoms with Crippen LogP contribution >= 0.6 is 12.4 Å². The van der Waals surface area contributed by atoms with E-state index in [1.807, 2.05) is 19.0 Å². The number of amides is 1. The van der Waals surface area contributed by atoms with Crippen molar-refractivity contribution >= 4 is 18.3 Å². The molecular formula is C13H29ClN2O. The number of nitrogens with zero attached hydrogens (tertiary/aromatic N) is 1. The van der Waals surface area contributed by atoms with Crippen LogP contribution in [0, 0.1) is 5.41 Å². The summed E-state index contributed by atoms with van der Waals surface area (Å²) < 4.78 is 0. The van der Waals surface area contributed by atoms with Crippen molar-refractivity contribution in [3.8, 4) is 0 Å². The van der Waals surface area contributed by atoms with Crippen LogP contribution in [0.5, 0.6) is 0 Å². The normalized spacial score (nSPS) is 12.2. The molecule has 0 saturated heterocycles. The van der Waals surface area contributed by atoms with Crippen molar-refractivity contribution in [1.29, 1.82) is 0 Å². The Morgan fingerprint density at radius 2 is 1.59 bits per heavy atom. The van der Waals surface area contributed by atoms with Crippen molar-refractivity contribution in [2.24, 2.45) is 5.41 Å². The molecule has 0 unspecified atom stereocenters. The summed E-state index contributed by atoms with van der Waals surface area (Å²) in [6.45, 7) is 11.6. The maximum Gasteiger partial charge on any atom is 0.221 e. The van der Waals surface area contributed by atoms with E-state index in [4.69, 9.17) is 0 Å². The molecule has 104 valence electrons. The van der Waals surface area contributed by atoms with Crippen LogP contribution in [0.2, 0.25) is 0 Å². The van der Waals surface area contributed by atoms with E-state index in [2.05, 4.69) is 39.9 Å². The van der Waals surface area contributed by atoms with Crippen molar-refractivity contribution < 1.29 is 4.79 Å². The molecule has 0 radical (unpaired) electrons. The van der Waals surface area contributed by atoms with Crippen molar-refractivity contribution in [1.82, 2.24) is 10.2 Å². The van der Waals surface area contributed by atoms with E-state index in [9.17, 15) is 4.79 Å². The molecule has 0 aliphatic carbocycles. The zero-order chi connectivity index (χ0) is 13.0. The van der Waals surface area contributed by atoms with E-state index in [0.29, 0.717) is 6.42 Å². The van der Waals surface area contributed by atoms with Gasteiger partial charge in [0.1, 0.15) is 0 Å². The highest BCUT2D eigenvalue weighted by molar-refractivity contribution is 5.85.